The zero-order valence-corrected chi connectivity index (χ0v) is 14.7. The first-order valence-corrected chi connectivity index (χ1v) is 8.97. The third-order valence-electron chi connectivity index (χ3n) is 4.28. The highest BCUT2D eigenvalue weighted by molar-refractivity contribution is 7.80. The molecule has 0 atom stereocenters. The zero-order valence-electron chi connectivity index (χ0n) is 13.8. The van der Waals surface area contributed by atoms with E-state index < -0.39 is 0 Å². The SMILES string of the molecule is S=C(NCCC[NH+]1CCOCC1)NN=C1CCOc2ccccc21. The van der Waals surface area contributed by atoms with Crippen LogP contribution in [0, 0.1) is 0 Å². The minimum atomic E-state index is 0.573. The van der Waals surface area contributed by atoms with Gasteiger partial charge in [-0.05, 0) is 24.4 Å². The summed E-state index contributed by atoms with van der Waals surface area (Å²) >= 11 is 5.30. The summed E-state index contributed by atoms with van der Waals surface area (Å²) in [6.45, 7) is 6.64. The second-order valence-corrected chi connectivity index (χ2v) is 6.39. The van der Waals surface area contributed by atoms with E-state index in [9.17, 15) is 0 Å². The Bertz CT molecular complexity index is 588. The van der Waals surface area contributed by atoms with Crippen LogP contribution in [-0.4, -0.2) is 56.8 Å². The number of hydrogen-bond donors (Lipinski definition) is 3. The predicted octanol–water partition coefficient (Wildman–Crippen LogP) is -0.0575. The van der Waals surface area contributed by atoms with E-state index in [1.54, 1.807) is 4.90 Å². The van der Waals surface area contributed by atoms with E-state index >= 15 is 0 Å². The summed E-state index contributed by atoms with van der Waals surface area (Å²) in [6.07, 6.45) is 1.87. The summed E-state index contributed by atoms with van der Waals surface area (Å²) in [5, 5.41) is 8.25. The van der Waals surface area contributed by atoms with E-state index in [0.717, 1.165) is 69.3 Å². The van der Waals surface area contributed by atoms with Crippen LogP contribution in [0.2, 0.25) is 0 Å². The van der Waals surface area contributed by atoms with Crippen molar-refractivity contribution in [1.82, 2.24) is 10.7 Å². The van der Waals surface area contributed by atoms with Gasteiger partial charge in [-0.3, -0.25) is 5.43 Å². The molecule has 24 heavy (non-hydrogen) atoms. The molecule has 1 fully saturated rings. The van der Waals surface area contributed by atoms with Gasteiger partial charge in [0, 0.05) is 24.9 Å². The Morgan fingerprint density at radius 1 is 1.21 bits per heavy atom. The second kappa shape index (κ2) is 8.96. The molecule has 0 aliphatic carbocycles. The minimum absolute atomic E-state index is 0.573. The molecule has 2 aliphatic rings. The Morgan fingerprint density at radius 3 is 2.92 bits per heavy atom. The van der Waals surface area contributed by atoms with Crippen molar-refractivity contribution in [2.45, 2.75) is 12.8 Å². The fraction of sp³-hybridized carbons (Fsp3) is 0.529. The fourth-order valence-electron chi connectivity index (χ4n) is 2.95. The van der Waals surface area contributed by atoms with E-state index in [0.29, 0.717) is 11.7 Å². The Morgan fingerprint density at radius 2 is 2.04 bits per heavy atom. The van der Waals surface area contributed by atoms with Gasteiger partial charge in [0.05, 0.1) is 32.1 Å². The molecule has 0 bridgehead atoms. The lowest BCUT2D eigenvalue weighted by molar-refractivity contribution is -0.908. The van der Waals surface area contributed by atoms with Gasteiger partial charge in [-0.2, -0.15) is 5.10 Å². The first-order chi connectivity index (χ1) is 11.8. The maximum Gasteiger partial charge on any atom is 0.186 e. The molecule has 1 aromatic rings. The lowest BCUT2D eigenvalue weighted by atomic mass is 10.0. The van der Waals surface area contributed by atoms with E-state index in [-0.39, 0.29) is 0 Å². The number of morpholine rings is 1. The summed E-state index contributed by atoms with van der Waals surface area (Å²) in [5.74, 6) is 0.886. The molecular weight excluding hydrogens is 324 g/mol. The molecular formula is C17H25N4O2S+. The Labute approximate surface area is 148 Å². The smallest absolute Gasteiger partial charge is 0.186 e. The number of hydrogen-bond acceptors (Lipinski definition) is 4. The van der Waals surface area contributed by atoms with Crippen molar-refractivity contribution in [3.63, 3.8) is 0 Å². The van der Waals surface area contributed by atoms with Crippen LogP contribution in [-0.2, 0) is 4.74 Å². The molecule has 2 aliphatic heterocycles. The van der Waals surface area contributed by atoms with E-state index in [2.05, 4.69) is 15.8 Å². The Balaban J connectivity index is 1.39. The number of rotatable bonds is 5. The number of ether oxygens (including phenoxy) is 2. The van der Waals surface area contributed by atoms with Gasteiger partial charge >= 0.3 is 0 Å². The first-order valence-electron chi connectivity index (χ1n) is 8.57. The van der Waals surface area contributed by atoms with Crippen molar-refractivity contribution in [3.8, 4) is 5.75 Å². The normalized spacial score (nSPS) is 19.4. The van der Waals surface area contributed by atoms with Crippen LogP contribution in [0.15, 0.2) is 29.4 Å². The number of quaternary nitrogens is 1. The van der Waals surface area contributed by atoms with E-state index in [1.807, 2.05) is 24.3 Å². The van der Waals surface area contributed by atoms with Crippen molar-refractivity contribution < 1.29 is 14.4 Å². The number of thiocarbonyl (C=S) groups is 1. The van der Waals surface area contributed by atoms with E-state index in [4.69, 9.17) is 21.7 Å². The molecule has 2 heterocycles. The molecule has 0 spiro atoms. The number of fused-ring (bicyclic) bond motifs is 1. The molecule has 3 N–H and O–H groups in total. The maximum atomic E-state index is 5.63. The molecule has 7 heteroatoms. The first kappa shape index (κ1) is 17.1. The highest BCUT2D eigenvalue weighted by atomic mass is 32.1. The average Bonchev–Trinajstić information content (AvgIpc) is 2.64. The standard InChI is InChI=1S/C17H24N4O2S/c24-17(18-7-3-8-21-9-12-22-13-10-21)20-19-15-6-11-23-16-5-2-1-4-14(15)16/h1-2,4-5H,3,6-13H2,(H2,18,20,24)/p+1. The van der Waals surface area contributed by atoms with Gasteiger partial charge in [0.25, 0.3) is 0 Å². The molecule has 0 unspecified atom stereocenters. The Kier molecular flexibility index (Phi) is 6.40. The third-order valence-corrected chi connectivity index (χ3v) is 4.51. The summed E-state index contributed by atoms with van der Waals surface area (Å²) in [4.78, 5) is 1.61. The van der Waals surface area contributed by atoms with E-state index in [1.165, 1.54) is 0 Å². The van der Waals surface area contributed by atoms with Crippen LogP contribution >= 0.6 is 12.2 Å². The van der Waals surface area contributed by atoms with Crippen molar-refractivity contribution >= 4 is 23.0 Å². The van der Waals surface area contributed by atoms with Crippen molar-refractivity contribution in [3.05, 3.63) is 29.8 Å². The number of hydrazone groups is 1. The van der Waals surface area contributed by atoms with Gasteiger partial charge in [-0.25, -0.2) is 0 Å². The van der Waals surface area contributed by atoms with Crippen molar-refractivity contribution in [2.75, 3.05) is 46.0 Å². The van der Waals surface area contributed by atoms with Crippen molar-refractivity contribution in [2.24, 2.45) is 5.10 Å². The number of para-hydroxylation sites is 1. The molecule has 1 aromatic carbocycles. The minimum Gasteiger partial charge on any atom is -0.492 e. The number of nitrogens with one attached hydrogen (secondary N) is 3. The highest BCUT2D eigenvalue weighted by Crippen LogP contribution is 2.24. The van der Waals surface area contributed by atoms with Crippen LogP contribution in [0.3, 0.4) is 0 Å². The van der Waals surface area contributed by atoms with Crippen LogP contribution in [0.4, 0.5) is 0 Å². The fourth-order valence-corrected chi connectivity index (χ4v) is 3.10. The largest absolute Gasteiger partial charge is 0.492 e. The van der Waals surface area contributed by atoms with Gasteiger partial charge in [0.1, 0.15) is 18.8 Å². The maximum absolute atomic E-state index is 5.63. The van der Waals surface area contributed by atoms with Gasteiger partial charge < -0.3 is 19.7 Å². The molecule has 0 radical (unpaired) electrons. The summed E-state index contributed by atoms with van der Waals surface area (Å²) in [5.41, 5.74) is 4.98. The van der Waals surface area contributed by atoms with Crippen molar-refractivity contribution in [1.29, 1.82) is 0 Å². The van der Waals surface area contributed by atoms with Crippen LogP contribution in [0.5, 0.6) is 5.75 Å². The summed E-state index contributed by atoms with van der Waals surface area (Å²) in [6, 6.07) is 7.95. The van der Waals surface area contributed by atoms with Gasteiger partial charge in [0.15, 0.2) is 5.11 Å². The lowest BCUT2D eigenvalue weighted by Crippen LogP contribution is -3.14. The number of benzene rings is 1. The summed E-state index contributed by atoms with van der Waals surface area (Å²) < 4.78 is 11.0. The van der Waals surface area contributed by atoms with Crippen LogP contribution in [0.25, 0.3) is 0 Å². The quantitative estimate of drug-likeness (QED) is 0.395. The topological polar surface area (TPSA) is 59.3 Å². The highest BCUT2D eigenvalue weighted by Gasteiger charge is 2.16. The summed E-state index contributed by atoms with van der Waals surface area (Å²) in [7, 11) is 0. The predicted molar refractivity (Wildman–Crippen MR) is 97.8 cm³/mol. The van der Waals surface area contributed by atoms with Gasteiger partial charge in [-0.15, -0.1) is 0 Å². The molecule has 130 valence electrons. The Hall–Kier alpha value is -1.70. The lowest BCUT2D eigenvalue weighted by Gasteiger charge is -2.23. The molecule has 1 saturated heterocycles. The van der Waals surface area contributed by atoms with Crippen LogP contribution < -0.4 is 20.4 Å². The molecule has 0 saturated carbocycles. The monoisotopic (exact) mass is 349 g/mol. The second-order valence-electron chi connectivity index (χ2n) is 5.99. The van der Waals surface area contributed by atoms with Crippen LogP contribution in [0.1, 0.15) is 18.4 Å². The third kappa shape index (κ3) is 4.90. The molecule has 0 amide bonds. The molecule has 3 rings (SSSR count). The van der Waals surface area contributed by atoms with Gasteiger partial charge in [-0.1, -0.05) is 12.1 Å². The average molecular weight is 349 g/mol. The molecule has 0 aromatic heterocycles. The van der Waals surface area contributed by atoms with Gasteiger partial charge in [0.2, 0.25) is 0 Å². The number of nitrogens with zero attached hydrogens (tertiary/aromatic N) is 1. The molecule has 6 nitrogen and oxygen atoms in total. The zero-order chi connectivity index (χ0) is 16.6.